The predicted octanol–water partition coefficient (Wildman–Crippen LogP) is 5.49. The summed E-state index contributed by atoms with van der Waals surface area (Å²) in [5.41, 5.74) is 3.61. The lowest BCUT2D eigenvalue weighted by molar-refractivity contribution is -0.140. The Balaban J connectivity index is 1.75. The molecule has 2 aromatic carbocycles. The number of hydrogen-bond acceptors (Lipinski definition) is 5. The van der Waals surface area contributed by atoms with Gasteiger partial charge in [0.25, 0.3) is 11.7 Å². The molecule has 2 aromatic heterocycles. The molecule has 1 fully saturated rings. The number of amides is 1. The van der Waals surface area contributed by atoms with Crippen LogP contribution in [0.3, 0.4) is 0 Å². The number of pyridine rings is 1. The van der Waals surface area contributed by atoms with Crippen molar-refractivity contribution in [1.82, 2.24) is 14.9 Å². The molecule has 0 bridgehead atoms. The van der Waals surface area contributed by atoms with Crippen molar-refractivity contribution >= 4 is 28.4 Å². The van der Waals surface area contributed by atoms with Crippen LogP contribution in [0.25, 0.3) is 16.7 Å². The molecule has 37 heavy (non-hydrogen) atoms. The second-order valence-corrected chi connectivity index (χ2v) is 10.2. The first-order valence-corrected chi connectivity index (χ1v) is 12.1. The smallest absolute Gasteiger partial charge is 0.295 e. The molecule has 1 aliphatic rings. The molecule has 7 heteroatoms. The minimum absolute atomic E-state index is 0.0353. The minimum atomic E-state index is -0.799. The number of Topliss-reactive ketones (excluding diaryl/α,β-unsaturated/α-hetero) is 1. The molecule has 0 radical (unpaired) electrons. The number of benzene rings is 2. The number of aromatic nitrogens is 2. The second kappa shape index (κ2) is 9.24. The first-order valence-electron chi connectivity index (χ1n) is 12.1. The van der Waals surface area contributed by atoms with Gasteiger partial charge in [0.05, 0.1) is 24.3 Å². The first-order chi connectivity index (χ1) is 17.7. The van der Waals surface area contributed by atoms with Gasteiger partial charge in [-0.2, -0.15) is 0 Å². The average Bonchev–Trinajstić information content (AvgIpc) is 3.42. The van der Waals surface area contributed by atoms with Crippen LogP contribution >= 0.6 is 0 Å². The number of rotatable bonds is 5. The number of fused-ring (bicyclic) bond motifs is 1. The zero-order chi connectivity index (χ0) is 26.3. The van der Waals surface area contributed by atoms with Crippen LogP contribution in [0.4, 0.5) is 0 Å². The molecule has 1 unspecified atom stereocenters. The lowest BCUT2D eigenvalue weighted by Crippen LogP contribution is -2.29. The number of aliphatic hydroxyl groups is 1. The van der Waals surface area contributed by atoms with Crippen LogP contribution in [0.5, 0.6) is 5.75 Å². The molecule has 0 spiro atoms. The van der Waals surface area contributed by atoms with Crippen LogP contribution in [-0.2, 0) is 21.5 Å². The van der Waals surface area contributed by atoms with Gasteiger partial charge < -0.3 is 19.7 Å². The number of aromatic amines is 1. The standard InChI is InChI=1S/C30H29N3O4/c1-30(2,3)19-9-10-24(37-4)21(15-19)27(34)25-26(22-16-32-23-8-6-5-7-20(22)23)33(29(36)28(25)35)17-18-11-13-31-14-12-18/h5-16,26,32,34H,17H2,1-4H3/b27-25+. The lowest BCUT2D eigenvalue weighted by Gasteiger charge is -2.25. The third-order valence-electron chi connectivity index (χ3n) is 6.88. The summed E-state index contributed by atoms with van der Waals surface area (Å²) in [7, 11) is 1.52. The molecule has 1 amide bonds. The number of aliphatic hydroxyl groups excluding tert-OH is 1. The van der Waals surface area contributed by atoms with E-state index in [4.69, 9.17) is 4.74 Å². The Kier molecular flexibility index (Phi) is 6.07. The molecule has 1 aliphatic heterocycles. The molecular weight excluding hydrogens is 466 g/mol. The topological polar surface area (TPSA) is 95.5 Å². The summed E-state index contributed by atoms with van der Waals surface area (Å²) >= 11 is 0. The average molecular weight is 496 g/mol. The second-order valence-electron chi connectivity index (χ2n) is 10.2. The van der Waals surface area contributed by atoms with Gasteiger partial charge in [0.15, 0.2) is 0 Å². The third kappa shape index (κ3) is 4.27. The van der Waals surface area contributed by atoms with Crippen LogP contribution in [-0.4, -0.2) is 38.8 Å². The molecular formula is C30H29N3O4. The number of ether oxygens (including phenoxy) is 1. The summed E-state index contributed by atoms with van der Waals surface area (Å²) in [4.78, 5) is 35.8. The van der Waals surface area contributed by atoms with E-state index in [1.165, 1.54) is 12.0 Å². The normalized spacial score (nSPS) is 17.5. The van der Waals surface area contributed by atoms with Crippen molar-refractivity contribution in [3.63, 3.8) is 0 Å². The van der Waals surface area contributed by atoms with Gasteiger partial charge >= 0.3 is 0 Å². The Morgan fingerprint density at radius 1 is 1.08 bits per heavy atom. The number of methoxy groups -OCH3 is 1. The van der Waals surface area contributed by atoms with Gasteiger partial charge in [0, 0.05) is 41.6 Å². The van der Waals surface area contributed by atoms with Gasteiger partial charge in [0.1, 0.15) is 11.5 Å². The summed E-state index contributed by atoms with van der Waals surface area (Å²) in [6, 6.07) is 16.1. The molecule has 5 rings (SSSR count). The number of nitrogens with zero attached hydrogens (tertiary/aromatic N) is 2. The van der Waals surface area contributed by atoms with Crippen LogP contribution in [0, 0.1) is 0 Å². The number of hydrogen-bond donors (Lipinski definition) is 2. The summed E-state index contributed by atoms with van der Waals surface area (Å²) in [5, 5.41) is 12.6. The maximum Gasteiger partial charge on any atom is 0.295 e. The Labute approximate surface area is 215 Å². The van der Waals surface area contributed by atoms with Crippen LogP contribution < -0.4 is 4.74 Å². The summed E-state index contributed by atoms with van der Waals surface area (Å²) in [5.74, 6) is -1.23. The van der Waals surface area contributed by atoms with Crippen LogP contribution in [0.15, 0.2) is 78.8 Å². The number of H-pyrrole nitrogens is 1. The minimum Gasteiger partial charge on any atom is -0.507 e. The summed E-state index contributed by atoms with van der Waals surface area (Å²) < 4.78 is 5.56. The van der Waals surface area contributed by atoms with E-state index in [-0.39, 0.29) is 23.3 Å². The van der Waals surface area contributed by atoms with E-state index >= 15 is 0 Å². The summed E-state index contributed by atoms with van der Waals surface area (Å²) in [6.07, 6.45) is 5.10. The van der Waals surface area contributed by atoms with Crippen molar-refractivity contribution in [1.29, 1.82) is 0 Å². The Morgan fingerprint density at radius 3 is 2.51 bits per heavy atom. The molecule has 7 nitrogen and oxygen atoms in total. The highest BCUT2D eigenvalue weighted by atomic mass is 16.5. The summed E-state index contributed by atoms with van der Waals surface area (Å²) in [6.45, 7) is 6.39. The molecule has 2 N–H and O–H groups in total. The van der Waals surface area contributed by atoms with Gasteiger partial charge in [-0.25, -0.2) is 0 Å². The highest BCUT2D eigenvalue weighted by Crippen LogP contribution is 2.44. The van der Waals surface area contributed by atoms with Crippen molar-refractivity contribution in [3.8, 4) is 5.75 Å². The van der Waals surface area contributed by atoms with E-state index < -0.39 is 17.7 Å². The first kappa shape index (κ1) is 24.3. The fraction of sp³-hybridized carbons (Fsp3) is 0.233. The van der Waals surface area contributed by atoms with Gasteiger partial charge in [-0.1, -0.05) is 45.0 Å². The van der Waals surface area contributed by atoms with Crippen molar-refractivity contribution in [2.24, 2.45) is 0 Å². The molecule has 1 saturated heterocycles. The molecule has 3 heterocycles. The molecule has 4 aromatic rings. The van der Waals surface area contributed by atoms with Crippen molar-refractivity contribution < 1.29 is 19.4 Å². The Hall–Kier alpha value is -4.39. The fourth-order valence-electron chi connectivity index (χ4n) is 4.88. The van der Waals surface area contributed by atoms with Gasteiger partial charge in [-0.05, 0) is 46.9 Å². The highest BCUT2D eigenvalue weighted by molar-refractivity contribution is 6.46. The van der Waals surface area contributed by atoms with Gasteiger partial charge in [0.2, 0.25) is 0 Å². The number of carbonyl (C=O) groups excluding carboxylic acids is 2. The van der Waals surface area contributed by atoms with E-state index in [1.807, 2.05) is 36.4 Å². The third-order valence-corrected chi connectivity index (χ3v) is 6.88. The number of nitrogens with one attached hydrogen (secondary N) is 1. The maximum absolute atomic E-state index is 13.6. The molecule has 1 atom stereocenters. The largest absolute Gasteiger partial charge is 0.507 e. The number of carbonyl (C=O) groups is 2. The van der Waals surface area contributed by atoms with Crippen LogP contribution in [0.2, 0.25) is 0 Å². The van der Waals surface area contributed by atoms with Crippen molar-refractivity contribution in [2.45, 2.75) is 38.8 Å². The van der Waals surface area contributed by atoms with Crippen molar-refractivity contribution in [3.05, 3.63) is 101 Å². The monoisotopic (exact) mass is 495 g/mol. The maximum atomic E-state index is 13.6. The van der Waals surface area contributed by atoms with Gasteiger partial charge in [-0.3, -0.25) is 14.6 Å². The van der Waals surface area contributed by atoms with Gasteiger partial charge in [-0.15, -0.1) is 0 Å². The zero-order valence-electron chi connectivity index (χ0n) is 21.3. The van der Waals surface area contributed by atoms with E-state index in [0.29, 0.717) is 11.3 Å². The van der Waals surface area contributed by atoms with E-state index in [2.05, 4.69) is 30.7 Å². The molecule has 188 valence electrons. The predicted molar refractivity (Wildman–Crippen MR) is 142 cm³/mol. The van der Waals surface area contributed by atoms with Crippen LogP contribution in [0.1, 0.15) is 49.1 Å². The number of para-hydroxylation sites is 1. The molecule has 0 aliphatic carbocycles. The Morgan fingerprint density at radius 2 is 1.81 bits per heavy atom. The highest BCUT2D eigenvalue weighted by Gasteiger charge is 2.47. The number of ketones is 1. The molecule has 0 saturated carbocycles. The fourth-order valence-corrected chi connectivity index (χ4v) is 4.88. The van der Waals surface area contributed by atoms with E-state index in [1.54, 1.807) is 36.8 Å². The SMILES string of the molecule is COc1ccc(C(C)(C)C)cc1/C(O)=C1\C(=O)C(=O)N(Cc2ccncc2)C1c1c[nH]c2ccccc12. The quantitative estimate of drug-likeness (QED) is 0.217. The van der Waals surface area contributed by atoms with E-state index in [9.17, 15) is 14.7 Å². The zero-order valence-corrected chi connectivity index (χ0v) is 21.3. The number of likely N-dealkylation sites (tertiary alicyclic amines) is 1. The van der Waals surface area contributed by atoms with E-state index in [0.717, 1.165) is 27.6 Å². The Bertz CT molecular complexity index is 1530. The lowest BCUT2D eigenvalue weighted by atomic mass is 9.85. The van der Waals surface area contributed by atoms with Crippen molar-refractivity contribution in [2.75, 3.05) is 7.11 Å².